The van der Waals surface area contributed by atoms with Crippen LogP contribution in [-0.2, 0) is 4.79 Å². The molecule has 0 saturated carbocycles. The summed E-state index contributed by atoms with van der Waals surface area (Å²) in [5.74, 6) is -0.354. The molecule has 0 fully saturated rings. The molecular formula is C14H18BrClN2O2. The molecule has 1 aromatic carbocycles. The summed E-state index contributed by atoms with van der Waals surface area (Å²) in [5, 5.41) is 5.89. The first kappa shape index (κ1) is 17.0. The van der Waals surface area contributed by atoms with E-state index in [4.69, 9.17) is 11.6 Å². The zero-order chi connectivity index (χ0) is 15.1. The van der Waals surface area contributed by atoms with Gasteiger partial charge in [0.25, 0.3) is 5.91 Å². The van der Waals surface area contributed by atoms with Gasteiger partial charge in [0, 0.05) is 23.5 Å². The Morgan fingerprint density at radius 3 is 2.75 bits per heavy atom. The molecule has 0 aliphatic heterocycles. The van der Waals surface area contributed by atoms with Crippen LogP contribution in [0.25, 0.3) is 0 Å². The van der Waals surface area contributed by atoms with Crippen molar-refractivity contribution in [2.45, 2.75) is 32.7 Å². The van der Waals surface area contributed by atoms with E-state index < -0.39 is 0 Å². The minimum atomic E-state index is -0.285. The summed E-state index contributed by atoms with van der Waals surface area (Å²) in [5.41, 5.74) is 0.392. The number of hydrogen-bond donors (Lipinski definition) is 2. The van der Waals surface area contributed by atoms with E-state index in [0.29, 0.717) is 15.1 Å². The summed E-state index contributed by atoms with van der Waals surface area (Å²) >= 11 is 9.29. The van der Waals surface area contributed by atoms with E-state index in [1.54, 1.807) is 18.2 Å². The molecule has 2 amide bonds. The Balaban J connectivity index is 2.44. The van der Waals surface area contributed by atoms with Gasteiger partial charge in [-0.1, -0.05) is 24.6 Å². The maximum atomic E-state index is 11.9. The first-order chi connectivity index (χ1) is 9.45. The van der Waals surface area contributed by atoms with Gasteiger partial charge >= 0.3 is 0 Å². The third kappa shape index (κ3) is 5.13. The van der Waals surface area contributed by atoms with Crippen molar-refractivity contribution in [2.75, 3.05) is 6.54 Å². The molecule has 0 radical (unpaired) electrons. The number of rotatable bonds is 6. The van der Waals surface area contributed by atoms with Crippen molar-refractivity contribution >= 4 is 39.3 Å². The fourth-order valence-electron chi connectivity index (χ4n) is 1.51. The maximum Gasteiger partial charge on any atom is 0.252 e. The van der Waals surface area contributed by atoms with Crippen LogP contribution < -0.4 is 10.6 Å². The molecule has 0 saturated heterocycles. The van der Waals surface area contributed by atoms with Gasteiger partial charge in [0.05, 0.1) is 10.6 Å². The van der Waals surface area contributed by atoms with Gasteiger partial charge in [0.2, 0.25) is 5.91 Å². The van der Waals surface area contributed by atoms with Crippen molar-refractivity contribution in [3.8, 4) is 0 Å². The fourth-order valence-corrected chi connectivity index (χ4v) is 2.09. The van der Waals surface area contributed by atoms with E-state index in [1.807, 2.05) is 13.8 Å². The van der Waals surface area contributed by atoms with Gasteiger partial charge in [-0.3, -0.25) is 9.59 Å². The van der Waals surface area contributed by atoms with Crippen LogP contribution in [0, 0.1) is 0 Å². The molecule has 2 N–H and O–H groups in total. The second kappa shape index (κ2) is 8.27. The number of hydrogen-bond acceptors (Lipinski definition) is 2. The SMILES string of the molecule is CCC(C)NC(=O)CCNC(=O)c1cccc(Br)c1Cl. The van der Waals surface area contributed by atoms with E-state index in [9.17, 15) is 9.59 Å². The van der Waals surface area contributed by atoms with Crippen LogP contribution in [0.1, 0.15) is 37.0 Å². The lowest BCUT2D eigenvalue weighted by Crippen LogP contribution is -2.35. The highest BCUT2D eigenvalue weighted by molar-refractivity contribution is 9.10. The van der Waals surface area contributed by atoms with Crippen molar-refractivity contribution in [2.24, 2.45) is 0 Å². The summed E-state index contributed by atoms with van der Waals surface area (Å²) in [6.45, 7) is 4.23. The van der Waals surface area contributed by atoms with Crippen molar-refractivity contribution in [3.63, 3.8) is 0 Å². The second-order valence-corrected chi connectivity index (χ2v) is 5.72. The third-order valence-electron chi connectivity index (χ3n) is 2.85. The van der Waals surface area contributed by atoms with E-state index in [0.717, 1.165) is 6.42 Å². The highest BCUT2D eigenvalue weighted by Gasteiger charge is 2.12. The van der Waals surface area contributed by atoms with Crippen molar-refractivity contribution in [1.82, 2.24) is 10.6 Å². The number of carbonyl (C=O) groups excluding carboxylic acids is 2. The Kier molecular flexibility index (Phi) is 7.02. The highest BCUT2D eigenvalue weighted by atomic mass is 79.9. The van der Waals surface area contributed by atoms with E-state index >= 15 is 0 Å². The molecule has 1 rings (SSSR count). The number of amides is 2. The normalized spacial score (nSPS) is 11.8. The van der Waals surface area contributed by atoms with Crippen molar-refractivity contribution < 1.29 is 9.59 Å². The summed E-state index contributed by atoms with van der Waals surface area (Å²) in [6.07, 6.45) is 1.13. The Morgan fingerprint density at radius 1 is 1.40 bits per heavy atom. The molecule has 0 aliphatic rings. The zero-order valence-electron chi connectivity index (χ0n) is 11.5. The smallest absolute Gasteiger partial charge is 0.252 e. The lowest BCUT2D eigenvalue weighted by Gasteiger charge is -2.12. The monoisotopic (exact) mass is 360 g/mol. The Labute approximate surface area is 132 Å². The van der Waals surface area contributed by atoms with Gasteiger partial charge in [0.1, 0.15) is 0 Å². The minimum Gasteiger partial charge on any atom is -0.354 e. The second-order valence-electron chi connectivity index (χ2n) is 4.48. The molecule has 0 spiro atoms. The van der Waals surface area contributed by atoms with Gasteiger partial charge in [-0.25, -0.2) is 0 Å². The largest absolute Gasteiger partial charge is 0.354 e. The molecule has 110 valence electrons. The van der Waals surface area contributed by atoms with Crippen LogP contribution >= 0.6 is 27.5 Å². The molecule has 1 atom stereocenters. The third-order valence-corrected chi connectivity index (χ3v) is 4.15. The van der Waals surface area contributed by atoms with Crippen LogP contribution in [0.2, 0.25) is 5.02 Å². The predicted octanol–water partition coefficient (Wildman–Crippen LogP) is 3.14. The van der Waals surface area contributed by atoms with Crippen LogP contribution in [0.5, 0.6) is 0 Å². The first-order valence-corrected chi connectivity index (χ1v) is 7.64. The zero-order valence-corrected chi connectivity index (χ0v) is 13.8. The summed E-state index contributed by atoms with van der Waals surface area (Å²) in [6, 6.07) is 5.29. The minimum absolute atomic E-state index is 0.0695. The highest BCUT2D eigenvalue weighted by Crippen LogP contribution is 2.25. The standard InChI is InChI=1S/C14H18BrClN2O2/c1-3-9(2)18-12(19)7-8-17-14(20)10-5-4-6-11(15)13(10)16/h4-6,9H,3,7-8H2,1-2H3,(H,17,20)(H,18,19). The van der Waals surface area contributed by atoms with Gasteiger partial charge in [-0.15, -0.1) is 0 Å². The number of benzene rings is 1. The summed E-state index contributed by atoms with van der Waals surface area (Å²) in [7, 11) is 0. The van der Waals surface area contributed by atoms with Crippen LogP contribution in [0.3, 0.4) is 0 Å². The van der Waals surface area contributed by atoms with Crippen LogP contribution in [-0.4, -0.2) is 24.4 Å². The molecule has 4 nitrogen and oxygen atoms in total. The molecule has 6 heteroatoms. The quantitative estimate of drug-likeness (QED) is 0.818. The lowest BCUT2D eigenvalue weighted by molar-refractivity contribution is -0.121. The summed E-state index contributed by atoms with van der Waals surface area (Å²) in [4.78, 5) is 23.5. The van der Waals surface area contributed by atoms with E-state index in [2.05, 4.69) is 26.6 Å². The predicted molar refractivity (Wildman–Crippen MR) is 84.0 cm³/mol. The van der Waals surface area contributed by atoms with Gasteiger partial charge in [-0.05, 0) is 41.4 Å². The Hall–Kier alpha value is -1.07. The fraction of sp³-hybridized carbons (Fsp3) is 0.429. The lowest BCUT2D eigenvalue weighted by atomic mass is 10.2. The average Bonchev–Trinajstić information content (AvgIpc) is 2.41. The molecule has 0 aliphatic carbocycles. The number of carbonyl (C=O) groups is 2. The molecule has 1 aromatic rings. The topological polar surface area (TPSA) is 58.2 Å². The van der Waals surface area contributed by atoms with Gasteiger partial charge < -0.3 is 10.6 Å². The molecule has 0 bridgehead atoms. The van der Waals surface area contributed by atoms with E-state index in [-0.39, 0.29) is 30.8 Å². The molecule has 0 heterocycles. The molecule has 1 unspecified atom stereocenters. The first-order valence-electron chi connectivity index (χ1n) is 6.47. The van der Waals surface area contributed by atoms with Gasteiger partial charge in [-0.2, -0.15) is 0 Å². The van der Waals surface area contributed by atoms with Gasteiger partial charge in [0.15, 0.2) is 0 Å². The van der Waals surface area contributed by atoms with Crippen molar-refractivity contribution in [1.29, 1.82) is 0 Å². The maximum absolute atomic E-state index is 11.9. The van der Waals surface area contributed by atoms with Crippen molar-refractivity contribution in [3.05, 3.63) is 33.3 Å². The summed E-state index contributed by atoms with van der Waals surface area (Å²) < 4.78 is 0.668. The average molecular weight is 362 g/mol. The van der Waals surface area contributed by atoms with Crippen LogP contribution in [0.4, 0.5) is 0 Å². The number of halogens is 2. The number of nitrogens with one attached hydrogen (secondary N) is 2. The molecular weight excluding hydrogens is 344 g/mol. The Bertz CT molecular complexity index is 494. The van der Waals surface area contributed by atoms with E-state index in [1.165, 1.54) is 0 Å². The Morgan fingerprint density at radius 2 is 2.10 bits per heavy atom. The van der Waals surface area contributed by atoms with Crippen LogP contribution in [0.15, 0.2) is 22.7 Å². The molecule has 0 aromatic heterocycles. The molecule has 20 heavy (non-hydrogen) atoms.